The van der Waals surface area contributed by atoms with Crippen LogP contribution in [0.5, 0.6) is 0 Å². The molecule has 5 nitrogen and oxygen atoms in total. The number of carboxylic acid groups (broad SMARTS) is 1. The number of rotatable bonds is 5. The highest BCUT2D eigenvalue weighted by atomic mass is 16.4. The first-order valence-corrected chi connectivity index (χ1v) is 8.90. The first kappa shape index (κ1) is 18.1. The molecule has 26 heavy (non-hydrogen) atoms. The maximum atomic E-state index is 13.0. The highest BCUT2D eigenvalue weighted by molar-refractivity contribution is 5.95. The monoisotopic (exact) mass is 352 g/mol. The Morgan fingerprint density at radius 2 is 1.62 bits per heavy atom. The first-order chi connectivity index (χ1) is 12.5. The Balaban J connectivity index is 1.79. The van der Waals surface area contributed by atoms with Crippen LogP contribution in [0.15, 0.2) is 60.7 Å². The van der Waals surface area contributed by atoms with Gasteiger partial charge in [-0.3, -0.25) is 14.5 Å². The first-order valence-electron chi connectivity index (χ1n) is 8.90. The molecular formula is C21H24N2O3. The summed E-state index contributed by atoms with van der Waals surface area (Å²) in [5, 5.41) is 9.34. The van der Waals surface area contributed by atoms with E-state index in [1.807, 2.05) is 43.3 Å². The van der Waals surface area contributed by atoms with Crippen LogP contribution in [0.25, 0.3) is 0 Å². The molecule has 5 heteroatoms. The molecule has 0 spiro atoms. The lowest BCUT2D eigenvalue weighted by Gasteiger charge is -2.45. The van der Waals surface area contributed by atoms with Gasteiger partial charge in [0.2, 0.25) is 0 Å². The fourth-order valence-electron chi connectivity index (χ4n) is 3.71. The summed E-state index contributed by atoms with van der Waals surface area (Å²) in [5.41, 5.74) is 1.79. The van der Waals surface area contributed by atoms with Crippen molar-refractivity contribution >= 4 is 11.9 Å². The lowest BCUT2D eigenvalue weighted by Crippen LogP contribution is -2.59. The van der Waals surface area contributed by atoms with Gasteiger partial charge < -0.3 is 10.0 Å². The summed E-state index contributed by atoms with van der Waals surface area (Å²) in [6.07, 6.45) is -0.0474. The fourth-order valence-corrected chi connectivity index (χ4v) is 3.71. The summed E-state index contributed by atoms with van der Waals surface area (Å²) in [6, 6.07) is 18.8. The van der Waals surface area contributed by atoms with Crippen LogP contribution in [-0.4, -0.2) is 52.0 Å². The summed E-state index contributed by atoms with van der Waals surface area (Å²) in [4.78, 5) is 28.4. The molecule has 1 N–H and O–H groups in total. The van der Waals surface area contributed by atoms with Crippen LogP contribution in [0.3, 0.4) is 0 Å². The molecule has 2 aromatic carbocycles. The van der Waals surface area contributed by atoms with Gasteiger partial charge in [0.05, 0.1) is 12.5 Å². The standard InChI is InChI=1S/C21H24N2O3/c1-16-13-22(14-17-8-4-2-5-9-17)15-19(12-20(24)25)23(16)21(26)18-10-6-3-7-11-18/h2-11,16,19H,12-15H2,1H3,(H,24,25)/t16-,19+/m1/s1. The van der Waals surface area contributed by atoms with Crippen LogP contribution >= 0.6 is 0 Å². The van der Waals surface area contributed by atoms with E-state index in [1.54, 1.807) is 17.0 Å². The minimum absolute atomic E-state index is 0.0474. The Labute approximate surface area is 153 Å². The molecule has 0 unspecified atom stereocenters. The number of benzene rings is 2. The average Bonchev–Trinajstić information content (AvgIpc) is 2.62. The van der Waals surface area contributed by atoms with Crippen molar-refractivity contribution in [2.75, 3.05) is 13.1 Å². The summed E-state index contributed by atoms with van der Waals surface area (Å²) >= 11 is 0. The van der Waals surface area contributed by atoms with Crippen molar-refractivity contribution in [3.05, 3.63) is 71.8 Å². The Morgan fingerprint density at radius 1 is 1.00 bits per heavy atom. The molecule has 0 saturated carbocycles. The molecule has 1 amide bonds. The van der Waals surface area contributed by atoms with Gasteiger partial charge >= 0.3 is 5.97 Å². The number of aliphatic carboxylic acids is 1. The second-order valence-corrected chi connectivity index (χ2v) is 6.86. The Bertz CT molecular complexity index is 748. The van der Waals surface area contributed by atoms with E-state index in [0.29, 0.717) is 12.1 Å². The third-order valence-corrected chi connectivity index (χ3v) is 4.77. The molecule has 2 aromatic rings. The highest BCUT2D eigenvalue weighted by Crippen LogP contribution is 2.23. The molecule has 136 valence electrons. The van der Waals surface area contributed by atoms with E-state index >= 15 is 0 Å². The molecule has 1 aliphatic rings. The quantitative estimate of drug-likeness (QED) is 0.899. The van der Waals surface area contributed by atoms with E-state index in [-0.39, 0.29) is 24.4 Å². The predicted octanol–water partition coefficient (Wildman–Crippen LogP) is 2.88. The molecule has 0 bridgehead atoms. The van der Waals surface area contributed by atoms with Crippen molar-refractivity contribution in [2.24, 2.45) is 0 Å². The van der Waals surface area contributed by atoms with E-state index in [2.05, 4.69) is 17.0 Å². The van der Waals surface area contributed by atoms with Crippen LogP contribution in [0, 0.1) is 0 Å². The number of carbonyl (C=O) groups excluding carboxylic acids is 1. The van der Waals surface area contributed by atoms with Crippen molar-refractivity contribution in [2.45, 2.75) is 32.0 Å². The van der Waals surface area contributed by atoms with Crippen molar-refractivity contribution in [1.82, 2.24) is 9.80 Å². The van der Waals surface area contributed by atoms with Gasteiger partial charge in [-0.25, -0.2) is 0 Å². The van der Waals surface area contributed by atoms with Crippen molar-refractivity contribution in [3.63, 3.8) is 0 Å². The maximum absolute atomic E-state index is 13.0. The number of carbonyl (C=O) groups is 2. The normalized spacial score (nSPS) is 20.7. The number of amides is 1. The summed E-state index contributed by atoms with van der Waals surface area (Å²) in [5.74, 6) is -0.974. The zero-order chi connectivity index (χ0) is 18.5. The second kappa shape index (κ2) is 8.15. The Kier molecular flexibility index (Phi) is 5.68. The molecule has 0 radical (unpaired) electrons. The molecule has 1 heterocycles. The van der Waals surface area contributed by atoms with Crippen LogP contribution in [0.1, 0.15) is 29.3 Å². The van der Waals surface area contributed by atoms with Gasteiger partial charge in [-0.2, -0.15) is 0 Å². The van der Waals surface area contributed by atoms with Gasteiger partial charge in [-0.1, -0.05) is 48.5 Å². The fraction of sp³-hybridized carbons (Fsp3) is 0.333. The third-order valence-electron chi connectivity index (χ3n) is 4.77. The topological polar surface area (TPSA) is 60.9 Å². The average molecular weight is 352 g/mol. The zero-order valence-electron chi connectivity index (χ0n) is 14.9. The number of hydrogen-bond donors (Lipinski definition) is 1. The van der Waals surface area contributed by atoms with Gasteiger partial charge in [0.1, 0.15) is 0 Å². The number of piperazine rings is 1. The van der Waals surface area contributed by atoms with Crippen LogP contribution in [0.2, 0.25) is 0 Å². The largest absolute Gasteiger partial charge is 0.481 e. The van der Waals surface area contributed by atoms with Gasteiger partial charge in [-0.15, -0.1) is 0 Å². The highest BCUT2D eigenvalue weighted by Gasteiger charge is 2.36. The van der Waals surface area contributed by atoms with Crippen molar-refractivity contribution in [3.8, 4) is 0 Å². The molecule has 1 aliphatic heterocycles. The minimum atomic E-state index is -0.880. The SMILES string of the molecule is C[C@@H]1CN(Cc2ccccc2)C[C@H](CC(=O)O)N1C(=O)c1ccccc1. The number of carboxylic acids is 1. The summed E-state index contributed by atoms with van der Waals surface area (Å²) in [7, 11) is 0. The van der Waals surface area contributed by atoms with E-state index < -0.39 is 5.97 Å². The summed E-state index contributed by atoms with van der Waals surface area (Å²) in [6.45, 7) is 4.04. The summed E-state index contributed by atoms with van der Waals surface area (Å²) < 4.78 is 0. The Hall–Kier alpha value is -2.66. The molecule has 2 atom stereocenters. The minimum Gasteiger partial charge on any atom is -0.481 e. The van der Waals surface area contributed by atoms with Crippen LogP contribution in [-0.2, 0) is 11.3 Å². The number of nitrogens with zero attached hydrogens (tertiary/aromatic N) is 2. The Morgan fingerprint density at radius 3 is 2.23 bits per heavy atom. The zero-order valence-corrected chi connectivity index (χ0v) is 14.9. The maximum Gasteiger partial charge on any atom is 0.305 e. The van der Waals surface area contributed by atoms with Crippen molar-refractivity contribution < 1.29 is 14.7 Å². The van der Waals surface area contributed by atoms with E-state index in [0.717, 1.165) is 13.1 Å². The van der Waals surface area contributed by atoms with Gasteiger partial charge in [0.25, 0.3) is 5.91 Å². The third kappa shape index (κ3) is 4.29. The van der Waals surface area contributed by atoms with Gasteiger partial charge in [-0.05, 0) is 24.6 Å². The molecule has 1 fully saturated rings. The van der Waals surface area contributed by atoms with Crippen LogP contribution < -0.4 is 0 Å². The van der Waals surface area contributed by atoms with Crippen LogP contribution in [0.4, 0.5) is 0 Å². The molecule has 1 saturated heterocycles. The molecule has 0 aromatic heterocycles. The number of hydrogen-bond acceptors (Lipinski definition) is 3. The molecule has 0 aliphatic carbocycles. The lowest BCUT2D eigenvalue weighted by molar-refractivity contribution is -0.139. The van der Waals surface area contributed by atoms with E-state index in [1.165, 1.54) is 5.56 Å². The van der Waals surface area contributed by atoms with E-state index in [4.69, 9.17) is 0 Å². The van der Waals surface area contributed by atoms with E-state index in [9.17, 15) is 14.7 Å². The smallest absolute Gasteiger partial charge is 0.305 e. The van der Waals surface area contributed by atoms with Gasteiger partial charge in [0.15, 0.2) is 0 Å². The molecular weight excluding hydrogens is 328 g/mol. The van der Waals surface area contributed by atoms with Crippen molar-refractivity contribution in [1.29, 1.82) is 0 Å². The second-order valence-electron chi connectivity index (χ2n) is 6.86. The van der Waals surface area contributed by atoms with Gasteiger partial charge in [0, 0.05) is 31.2 Å². The predicted molar refractivity (Wildman–Crippen MR) is 99.8 cm³/mol. The molecule has 3 rings (SSSR count). The lowest BCUT2D eigenvalue weighted by atomic mass is 10.0.